The second kappa shape index (κ2) is 5.40. The van der Waals surface area contributed by atoms with E-state index in [1.54, 1.807) is 25.3 Å². The molecule has 2 aromatic rings. The molecule has 0 atom stereocenters. The Morgan fingerprint density at radius 2 is 2.26 bits per heavy atom. The third-order valence-electron chi connectivity index (χ3n) is 2.77. The van der Waals surface area contributed by atoms with Gasteiger partial charge < -0.3 is 11.1 Å². The van der Waals surface area contributed by atoms with Crippen LogP contribution in [-0.4, -0.2) is 27.2 Å². The molecular formula is C12H17N5OS. The zero-order valence-electron chi connectivity index (χ0n) is 11.2. The summed E-state index contributed by atoms with van der Waals surface area (Å²) in [7, 11) is 1.71. The number of nitrogens with zero attached hydrogens (tertiary/aromatic N) is 3. The van der Waals surface area contributed by atoms with Gasteiger partial charge in [0.05, 0.1) is 16.4 Å². The third kappa shape index (κ3) is 2.93. The summed E-state index contributed by atoms with van der Waals surface area (Å²) in [4.78, 5) is 16.4. The van der Waals surface area contributed by atoms with Crippen LogP contribution < -0.4 is 11.1 Å². The molecule has 0 fully saturated rings. The van der Waals surface area contributed by atoms with Gasteiger partial charge in [0, 0.05) is 31.1 Å². The van der Waals surface area contributed by atoms with E-state index in [-0.39, 0.29) is 5.91 Å². The lowest BCUT2D eigenvalue weighted by molar-refractivity contribution is 0.0945. The van der Waals surface area contributed by atoms with Crippen LogP contribution >= 0.6 is 11.3 Å². The van der Waals surface area contributed by atoms with E-state index >= 15 is 0 Å². The van der Waals surface area contributed by atoms with Crippen LogP contribution in [0.2, 0.25) is 0 Å². The first-order chi connectivity index (χ1) is 8.99. The van der Waals surface area contributed by atoms with Crippen LogP contribution in [0.5, 0.6) is 0 Å². The van der Waals surface area contributed by atoms with Gasteiger partial charge in [-0.15, -0.1) is 11.3 Å². The van der Waals surface area contributed by atoms with Gasteiger partial charge in [-0.3, -0.25) is 9.48 Å². The molecule has 7 heteroatoms. The van der Waals surface area contributed by atoms with Gasteiger partial charge in [-0.2, -0.15) is 5.10 Å². The Balaban J connectivity index is 1.94. The maximum atomic E-state index is 12.0. The first-order valence-electron chi connectivity index (χ1n) is 5.97. The van der Waals surface area contributed by atoms with Crippen LogP contribution in [0.15, 0.2) is 5.38 Å². The summed E-state index contributed by atoms with van der Waals surface area (Å²) in [5.41, 5.74) is 8.36. The highest BCUT2D eigenvalue weighted by molar-refractivity contribution is 7.09. The predicted octanol–water partition coefficient (Wildman–Crippen LogP) is 1.05. The zero-order valence-corrected chi connectivity index (χ0v) is 12.0. The number of hydrogen-bond donors (Lipinski definition) is 2. The van der Waals surface area contributed by atoms with Crippen molar-refractivity contribution in [3.8, 4) is 0 Å². The fourth-order valence-electron chi connectivity index (χ4n) is 1.83. The predicted molar refractivity (Wildman–Crippen MR) is 75.2 cm³/mol. The molecule has 0 unspecified atom stereocenters. The van der Waals surface area contributed by atoms with Crippen LogP contribution in [0.4, 0.5) is 5.69 Å². The molecule has 6 nitrogen and oxygen atoms in total. The summed E-state index contributed by atoms with van der Waals surface area (Å²) < 4.78 is 1.51. The lowest BCUT2D eigenvalue weighted by Gasteiger charge is -2.05. The Kier molecular flexibility index (Phi) is 3.84. The number of thiazole rings is 1. The number of anilines is 1. The fourth-order valence-corrected chi connectivity index (χ4v) is 2.60. The molecule has 19 heavy (non-hydrogen) atoms. The average molecular weight is 279 g/mol. The van der Waals surface area contributed by atoms with E-state index < -0.39 is 0 Å². The molecule has 0 aliphatic heterocycles. The average Bonchev–Trinajstić information content (AvgIpc) is 2.84. The molecule has 0 aliphatic rings. The molecular weight excluding hydrogens is 262 g/mol. The van der Waals surface area contributed by atoms with E-state index in [1.807, 2.05) is 12.3 Å². The maximum absolute atomic E-state index is 12.0. The first-order valence-corrected chi connectivity index (χ1v) is 6.85. The summed E-state index contributed by atoms with van der Waals surface area (Å²) in [5.74, 6) is -0.200. The van der Waals surface area contributed by atoms with Crippen molar-refractivity contribution < 1.29 is 4.79 Å². The Hall–Kier alpha value is -1.89. The van der Waals surface area contributed by atoms with Crippen molar-refractivity contribution >= 4 is 22.9 Å². The Labute approximate surface area is 115 Å². The van der Waals surface area contributed by atoms with Crippen LogP contribution in [0.25, 0.3) is 0 Å². The van der Waals surface area contributed by atoms with Crippen LogP contribution in [0.1, 0.15) is 26.9 Å². The largest absolute Gasteiger partial charge is 0.395 e. The van der Waals surface area contributed by atoms with Crippen LogP contribution in [0, 0.1) is 13.8 Å². The second-order valence-corrected chi connectivity index (χ2v) is 5.30. The number of nitrogens with one attached hydrogen (secondary N) is 1. The molecule has 102 valence electrons. The highest BCUT2D eigenvalue weighted by Crippen LogP contribution is 2.15. The van der Waals surface area contributed by atoms with Gasteiger partial charge in [0.15, 0.2) is 0 Å². The monoisotopic (exact) mass is 279 g/mol. The van der Waals surface area contributed by atoms with E-state index in [9.17, 15) is 4.79 Å². The fraction of sp³-hybridized carbons (Fsp3) is 0.417. The topological polar surface area (TPSA) is 85.8 Å². The van der Waals surface area contributed by atoms with Crippen LogP contribution in [0.3, 0.4) is 0 Å². The first kappa shape index (κ1) is 13.5. The van der Waals surface area contributed by atoms with E-state index in [0.29, 0.717) is 23.6 Å². The maximum Gasteiger partial charge on any atom is 0.271 e. The molecule has 0 saturated carbocycles. The SMILES string of the molecule is Cc1csc(CCNC(=O)c2c(N)c(C)nn2C)n1. The van der Waals surface area contributed by atoms with Crippen molar-refractivity contribution in [3.63, 3.8) is 0 Å². The highest BCUT2D eigenvalue weighted by atomic mass is 32.1. The van der Waals surface area contributed by atoms with Gasteiger partial charge in [0.25, 0.3) is 5.91 Å². The van der Waals surface area contributed by atoms with Gasteiger partial charge in [-0.25, -0.2) is 4.98 Å². The smallest absolute Gasteiger partial charge is 0.271 e. The standard InChI is InChI=1S/C12H17N5OS/c1-7-6-19-9(15-7)4-5-14-12(18)11-10(13)8(2)16-17(11)3/h6H,4-5,13H2,1-3H3,(H,14,18). The Morgan fingerprint density at radius 1 is 1.53 bits per heavy atom. The normalized spacial score (nSPS) is 10.7. The zero-order chi connectivity index (χ0) is 14.0. The number of aromatic nitrogens is 3. The van der Waals surface area contributed by atoms with Gasteiger partial charge in [0.1, 0.15) is 5.69 Å². The summed E-state index contributed by atoms with van der Waals surface area (Å²) in [5, 5.41) is 9.98. The van der Waals surface area contributed by atoms with E-state index in [1.165, 1.54) is 4.68 Å². The van der Waals surface area contributed by atoms with Gasteiger partial charge in [-0.1, -0.05) is 0 Å². The molecule has 3 N–H and O–H groups in total. The Morgan fingerprint density at radius 3 is 2.79 bits per heavy atom. The quantitative estimate of drug-likeness (QED) is 0.876. The second-order valence-electron chi connectivity index (χ2n) is 4.36. The lowest BCUT2D eigenvalue weighted by atomic mass is 10.3. The summed E-state index contributed by atoms with van der Waals surface area (Å²) in [6, 6.07) is 0. The number of hydrogen-bond acceptors (Lipinski definition) is 5. The number of amides is 1. The van der Waals surface area contributed by atoms with Crippen molar-refractivity contribution in [2.45, 2.75) is 20.3 Å². The van der Waals surface area contributed by atoms with Crippen LogP contribution in [-0.2, 0) is 13.5 Å². The number of rotatable bonds is 4. The van der Waals surface area contributed by atoms with Crippen molar-refractivity contribution in [1.29, 1.82) is 0 Å². The van der Waals surface area contributed by atoms with Crippen molar-refractivity contribution in [1.82, 2.24) is 20.1 Å². The van der Waals surface area contributed by atoms with E-state index in [2.05, 4.69) is 15.4 Å². The molecule has 0 bridgehead atoms. The van der Waals surface area contributed by atoms with E-state index in [0.717, 1.165) is 17.1 Å². The number of carbonyl (C=O) groups is 1. The molecule has 2 rings (SSSR count). The molecule has 0 radical (unpaired) electrons. The molecule has 0 saturated heterocycles. The minimum Gasteiger partial charge on any atom is -0.395 e. The van der Waals surface area contributed by atoms with Crippen molar-refractivity contribution in [3.05, 3.63) is 27.5 Å². The van der Waals surface area contributed by atoms with E-state index in [4.69, 9.17) is 5.73 Å². The number of aryl methyl sites for hydroxylation is 3. The minimum absolute atomic E-state index is 0.200. The number of carbonyl (C=O) groups excluding carboxylic acids is 1. The Bertz CT molecular complexity index is 601. The summed E-state index contributed by atoms with van der Waals surface area (Å²) >= 11 is 1.60. The molecule has 2 heterocycles. The highest BCUT2D eigenvalue weighted by Gasteiger charge is 2.17. The van der Waals surface area contributed by atoms with Gasteiger partial charge in [-0.05, 0) is 13.8 Å². The summed E-state index contributed by atoms with van der Waals surface area (Å²) in [6.07, 6.45) is 0.723. The molecule has 0 aliphatic carbocycles. The third-order valence-corrected chi connectivity index (χ3v) is 3.80. The lowest BCUT2D eigenvalue weighted by Crippen LogP contribution is -2.28. The summed E-state index contributed by atoms with van der Waals surface area (Å²) in [6.45, 7) is 4.28. The van der Waals surface area contributed by atoms with Gasteiger partial charge >= 0.3 is 0 Å². The van der Waals surface area contributed by atoms with Gasteiger partial charge in [0.2, 0.25) is 0 Å². The molecule has 1 amide bonds. The number of nitrogen functional groups attached to an aromatic ring is 1. The van der Waals surface area contributed by atoms with Crippen molar-refractivity contribution in [2.24, 2.45) is 7.05 Å². The minimum atomic E-state index is -0.200. The van der Waals surface area contributed by atoms with Crippen molar-refractivity contribution in [2.75, 3.05) is 12.3 Å². The number of nitrogens with two attached hydrogens (primary N) is 1. The molecule has 2 aromatic heterocycles. The molecule has 0 aromatic carbocycles. The molecule has 0 spiro atoms.